The van der Waals surface area contributed by atoms with Gasteiger partial charge in [0.15, 0.2) is 0 Å². The highest BCUT2D eigenvalue weighted by molar-refractivity contribution is 5.80. The van der Waals surface area contributed by atoms with Crippen LogP contribution in [0.25, 0.3) is 0 Å². The molecule has 3 heteroatoms. The fourth-order valence-corrected chi connectivity index (χ4v) is 7.58. The van der Waals surface area contributed by atoms with E-state index in [1.165, 1.54) is 32.8 Å². The van der Waals surface area contributed by atoms with Crippen molar-refractivity contribution in [1.82, 2.24) is 0 Å². The average Bonchev–Trinajstić information content (AvgIpc) is 2.75. The van der Waals surface area contributed by atoms with Crippen LogP contribution in [-0.2, 0) is 14.3 Å². The van der Waals surface area contributed by atoms with Gasteiger partial charge in [-0.3, -0.25) is 4.79 Å². The van der Waals surface area contributed by atoms with E-state index in [0.717, 1.165) is 19.1 Å². The molecular weight excluding hydrogens is 300 g/mol. The third-order valence-corrected chi connectivity index (χ3v) is 8.51. The van der Waals surface area contributed by atoms with Crippen molar-refractivity contribution in [1.29, 1.82) is 0 Å². The summed E-state index contributed by atoms with van der Waals surface area (Å²) in [6.07, 6.45) is 7.85. The molecule has 3 fully saturated rings. The Kier molecular flexibility index (Phi) is 3.98. The third kappa shape index (κ3) is 2.15. The minimum Gasteiger partial charge on any atom is -0.469 e. The standard InChI is InChI=1S/C21H34O3/c1-18(2)9-7-10-20(4)14(18)8-11-21(5)15(20)12-19(3,13-22)16(21)17(23)24-6/h13-16H,7-12H2,1-6H3/t14-,15+,16+,19+,20-,21+/m0/s1. The highest BCUT2D eigenvalue weighted by Gasteiger charge is 2.69. The summed E-state index contributed by atoms with van der Waals surface area (Å²) in [5.74, 6) is 0.610. The molecule has 6 atom stereocenters. The number of ether oxygens (including phenoxy) is 1. The number of fused-ring (bicyclic) bond motifs is 3. The molecule has 0 aromatic heterocycles. The van der Waals surface area contributed by atoms with Crippen molar-refractivity contribution in [2.75, 3.05) is 7.11 Å². The van der Waals surface area contributed by atoms with Gasteiger partial charge in [0, 0.05) is 5.41 Å². The number of aldehydes is 1. The molecule has 0 aromatic rings. The summed E-state index contributed by atoms with van der Waals surface area (Å²) in [4.78, 5) is 24.7. The molecule has 0 bridgehead atoms. The summed E-state index contributed by atoms with van der Waals surface area (Å²) < 4.78 is 5.16. The zero-order valence-corrected chi connectivity index (χ0v) is 16.3. The summed E-state index contributed by atoms with van der Waals surface area (Å²) in [5, 5.41) is 0. The largest absolute Gasteiger partial charge is 0.469 e. The molecule has 24 heavy (non-hydrogen) atoms. The summed E-state index contributed by atoms with van der Waals surface area (Å²) in [6.45, 7) is 11.5. The molecule has 0 saturated heterocycles. The topological polar surface area (TPSA) is 43.4 Å². The Morgan fingerprint density at radius 1 is 1.00 bits per heavy atom. The van der Waals surface area contributed by atoms with E-state index in [0.29, 0.717) is 17.3 Å². The van der Waals surface area contributed by atoms with Gasteiger partial charge >= 0.3 is 5.97 Å². The fourth-order valence-electron chi connectivity index (χ4n) is 7.58. The third-order valence-electron chi connectivity index (χ3n) is 8.51. The van der Waals surface area contributed by atoms with Crippen LogP contribution in [0.5, 0.6) is 0 Å². The van der Waals surface area contributed by atoms with Crippen LogP contribution in [0.15, 0.2) is 0 Å². The van der Waals surface area contributed by atoms with Crippen LogP contribution in [0.4, 0.5) is 0 Å². The van der Waals surface area contributed by atoms with Crippen molar-refractivity contribution in [2.24, 2.45) is 39.4 Å². The van der Waals surface area contributed by atoms with Gasteiger partial charge in [-0.25, -0.2) is 0 Å². The van der Waals surface area contributed by atoms with E-state index in [2.05, 4.69) is 27.7 Å². The molecule has 0 spiro atoms. The lowest BCUT2D eigenvalue weighted by atomic mass is 9.43. The van der Waals surface area contributed by atoms with Gasteiger partial charge in [0.25, 0.3) is 0 Å². The minimum atomic E-state index is -0.591. The van der Waals surface area contributed by atoms with Gasteiger partial charge < -0.3 is 9.53 Å². The van der Waals surface area contributed by atoms with Crippen molar-refractivity contribution in [2.45, 2.75) is 73.1 Å². The number of hydrogen-bond donors (Lipinski definition) is 0. The summed E-state index contributed by atoms with van der Waals surface area (Å²) >= 11 is 0. The summed E-state index contributed by atoms with van der Waals surface area (Å²) in [6, 6.07) is 0. The number of esters is 1. The van der Waals surface area contributed by atoms with E-state index in [-0.39, 0.29) is 22.7 Å². The maximum Gasteiger partial charge on any atom is 0.310 e. The molecule has 3 rings (SSSR count). The molecule has 3 saturated carbocycles. The van der Waals surface area contributed by atoms with Crippen LogP contribution in [0, 0.1) is 39.4 Å². The Morgan fingerprint density at radius 2 is 1.67 bits per heavy atom. The van der Waals surface area contributed by atoms with Gasteiger partial charge in [-0.2, -0.15) is 0 Å². The lowest BCUT2D eigenvalue weighted by Gasteiger charge is -2.61. The van der Waals surface area contributed by atoms with E-state index in [1.807, 2.05) is 6.92 Å². The first-order chi connectivity index (χ1) is 11.0. The number of rotatable bonds is 2. The summed E-state index contributed by atoms with van der Waals surface area (Å²) in [5.41, 5.74) is -0.134. The second-order valence-electron chi connectivity index (χ2n) is 10.3. The second-order valence-corrected chi connectivity index (χ2v) is 10.3. The molecule has 3 aliphatic rings. The second kappa shape index (κ2) is 5.32. The lowest BCUT2D eigenvalue weighted by Crippen LogP contribution is -2.55. The van der Waals surface area contributed by atoms with E-state index in [9.17, 15) is 9.59 Å². The zero-order chi connectivity index (χ0) is 18.0. The first kappa shape index (κ1) is 17.9. The molecule has 0 aliphatic heterocycles. The van der Waals surface area contributed by atoms with Gasteiger partial charge in [0.2, 0.25) is 0 Å². The van der Waals surface area contributed by atoms with Gasteiger partial charge in [-0.05, 0) is 60.2 Å². The molecule has 0 radical (unpaired) electrons. The molecule has 0 unspecified atom stereocenters. The molecule has 0 aromatic carbocycles. The number of carbonyl (C=O) groups excluding carboxylic acids is 2. The van der Waals surface area contributed by atoms with Gasteiger partial charge in [-0.1, -0.05) is 41.0 Å². The van der Waals surface area contributed by atoms with Crippen molar-refractivity contribution in [3.05, 3.63) is 0 Å². The monoisotopic (exact) mass is 334 g/mol. The SMILES string of the molecule is COC(=O)[C@H]1[C@]2(C)CC[C@H]3C(C)(C)CCC[C@]3(C)[C@H]2C[C@]1(C)C=O. The quantitative estimate of drug-likeness (QED) is 0.546. The average molecular weight is 335 g/mol. The fraction of sp³-hybridized carbons (Fsp3) is 0.905. The van der Waals surface area contributed by atoms with Crippen LogP contribution < -0.4 is 0 Å². The maximum absolute atomic E-state index is 12.7. The van der Waals surface area contributed by atoms with E-state index < -0.39 is 5.41 Å². The van der Waals surface area contributed by atoms with E-state index >= 15 is 0 Å². The number of carbonyl (C=O) groups is 2. The smallest absolute Gasteiger partial charge is 0.310 e. The van der Waals surface area contributed by atoms with Crippen molar-refractivity contribution < 1.29 is 14.3 Å². The number of methoxy groups -OCH3 is 1. The molecular formula is C21H34O3. The highest BCUT2D eigenvalue weighted by atomic mass is 16.5. The first-order valence-electron chi connectivity index (χ1n) is 9.59. The molecule has 3 nitrogen and oxygen atoms in total. The number of hydrogen-bond acceptors (Lipinski definition) is 3. The summed E-state index contributed by atoms with van der Waals surface area (Å²) in [7, 11) is 1.46. The van der Waals surface area contributed by atoms with E-state index in [4.69, 9.17) is 4.74 Å². The Hall–Kier alpha value is -0.860. The van der Waals surface area contributed by atoms with Gasteiger partial charge in [0.05, 0.1) is 13.0 Å². The van der Waals surface area contributed by atoms with Crippen molar-refractivity contribution in [3.8, 4) is 0 Å². The first-order valence-corrected chi connectivity index (χ1v) is 9.59. The Labute approximate surface area is 146 Å². The van der Waals surface area contributed by atoms with Gasteiger partial charge in [0.1, 0.15) is 6.29 Å². The van der Waals surface area contributed by atoms with Crippen LogP contribution in [0.3, 0.4) is 0 Å². The van der Waals surface area contributed by atoms with Crippen LogP contribution >= 0.6 is 0 Å². The predicted molar refractivity (Wildman–Crippen MR) is 94.4 cm³/mol. The minimum absolute atomic E-state index is 0.124. The Morgan fingerprint density at radius 3 is 2.25 bits per heavy atom. The Balaban J connectivity index is 2.09. The zero-order valence-electron chi connectivity index (χ0n) is 16.3. The highest BCUT2D eigenvalue weighted by Crippen LogP contribution is 2.72. The lowest BCUT2D eigenvalue weighted by molar-refractivity contribution is -0.163. The Bertz CT molecular complexity index is 553. The predicted octanol–water partition coefficient (Wildman–Crippen LogP) is 4.63. The molecule has 0 N–H and O–H groups in total. The molecule has 0 amide bonds. The van der Waals surface area contributed by atoms with Crippen molar-refractivity contribution >= 4 is 12.3 Å². The molecule has 136 valence electrons. The molecule has 3 aliphatic carbocycles. The van der Waals surface area contributed by atoms with Crippen LogP contribution in [0.1, 0.15) is 73.1 Å². The van der Waals surface area contributed by atoms with Crippen molar-refractivity contribution in [3.63, 3.8) is 0 Å². The normalized spacial score (nSPS) is 49.8. The van der Waals surface area contributed by atoms with Crippen LogP contribution in [0.2, 0.25) is 0 Å². The van der Waals surface area contributed by atoms with Gasteiger partial charge in [-0.15, -0.1) is 0 Å². The van der Waals surface area contributed by atoms with E-state index in [1.54, 1.807) is 0 Å². The van der Waals surface area contributed by atoms with Crippen LogP contribution in [-0.4, -0.2) is 19.4 Å². The molecule has 0 heterocycles. The maximum atomic E-state index is 12.7.